The molecule has 82 valence electrons. The molecule has 0 saturated carbocycles. The Bertz CT molecular complexity index is 452. The van der Waals surface area contributed by atoms with Crippen LogP contribution in [0.4, 0.5) is 5.69 Å². The van der Waals surface area contributed by atoms with Gasteiger partial charge in [0.2, 0.25) is 0 Å². The quantitative estimate of drug-likeness (QED) is 0.636. The van der Waals surface area contributed by atoms with Crippen molar-refractivity contribution >= 4 is 34.4 Å². The molecule has 1 aliphatic rings. The van der Waals surface area contributed by atoms with E-state index in [0.29, 0.717) is 0 Å². The average molecular weight is 323 g/mol. The lowest BCUT2D eigenvalue weighted by Crippen LogP contribution is -1.86. The molecule has 2 N–H and O–H groups in total. The van der Waals surface area contributed by atoms with Crippen LogP contribution in [-0.2, 0) is 0 Å². The van der Waals surface area contributed by atoms with E-state index in [2.05, 4.69) is 46.9 Å². The molecule has 0 spiro atoms. The predicted molar refractivity (Wildman–Crippen MR) is 79.3 cm³/mol. The summed E-state index contributed by atoms with van der Waals surface area (Å²) in [4.78, 5) is 0. The highest BCUT2D eigenvalue weighted by atomic mass is 127. The molecule has 0 heterocycles. The summed E-state index contributed by atoms with van der Waals surface area (Å²) in [7, 11) is 0. The maximum atomic E-state index is 5.64. The van der Waals surface area contributed by atoms with Crippen LogP contribution in [0.3, 0.4) is 0 Å². The molecule has 1 aromatic carbocycles. The number of allylic oxidation sites excluding steroid dienone is 5. The van der Waals surface area contributed by atoms with Gasteiger partial charge in [-0.15, -0.1) is 0 Å². The summed E-state index contributed by atoms with van der Waals surface area (Å²) in [5, 5.41) is 0. The lowest BCUT2D eigenvalue weighted by atomic mass is 10.0. The Morgan fingerprint density at radius 1 is 1.00 bits per heavy atom. The highest BCUT2D eigenvalue weighted by molar-refractivity contribution is 14.1. The number of hydrogen-bond donors (Lipinski definition) is 1. The fourth-order valence-corrected chi connectivity index (χ4v) is 2.03. The second-order valence-electron chi connectivity index (χ2n) is 3.86. The summed E-state index contributed by atoms with van der Waals surface area (Å²) < 4.78 is 1.43. The lowest BCUT2D eigenvalue weighted by Gasteiger charge is -2.06. The minimum atomic E-state index is 0.812. The van der Waals surface area contributed by atoms with Crippen molar-refractivity contribution in [1.29, 1.82) is 0 Å². The second kappa shape index (κ2) is 5.34. The number of rotatable bonds is 2. The van der Waals surface area contributed by atoms with Crippen LogP contribution in [0.2, 0.25) is 0 Å². The first kappa shape index (κ1) is 11.5. The smallest absolute Gasteiger partial charge is 0.0314 e. The highest BCUT2D eigenvalue weighted by Gasteiger charge is 2.00. The zero-order valence-corrected chi connectivity index (χ0v) is 11.1. The van der Waals surface area contributed by atoms with Gasteiger partial charge >= 0.3 is 0 Å². The number of nitrogens with two attached hydrogens (primary N) is 1. The van der Waals surface area contributed by atoms with E-state index < -0.39 is 0 Å². The van der Waals surface area contributed by atoms with Gasteiger partial charge in [-0.2, -0.15) is 0 Å². The van der Waals surface area contributed by atoms with Gasteiger partial charge in [0, 0.05) is 5.69 Å². The SMILES string of the molecule is Nc1ccc(/C=C/C2=CC=C(I)CC2)cc1. The lowest BCUT2D eigenvalue weighted by molar-refractivity contribution is 0.986. The van der Waals surface area contributed by atoms with Crippen molar-refractivity contribution < 1.29 is 0 Å². The van der Waals surface area contributed by atoms with E-state index in [4.69, 9.17) is 5.73 Å². The minimum absolute atomic E-state index is 0.812. The molecule has 16 heavy (non-hydrogen) atoms. The van der Waals surface area contributed by atoms with Crippen LogP contribution in [-0.4, -0.2) is 0 Å². The van der Waals surface area contributed by atoms with Gasteiger partial charge in [-0.3, -0.25) is 0 Å². The topological polar surface area (TPSA) is 26.0 Å². The third kappa shape index (κ3) is 3.23. The fraction of sp³-hybridized carbons (Fsp3) is 0.143. The fourth-order valence-electron chi connectivity index (χ4n) is 1.58. The van der Waals surface area contributed by atoms with E-state index in [0.717, 1.165) is 12.1 Å². The Morgan fingerprint density at radius 3 is 2.38 bits per heavy atom. The van der Waals surface area contributed by atoms with E-state index in [1.165, 1.54) is 21.1 Å². The van der Waals surface area contributed by atoms with Gasteiger partial charge in [0.25, 0.3) is 0 Å². The van der Waals surface area contributed by atoms with Gasteiger partial charge in [-0.25, -0.2) is 0 Å². The van der Waals surface area contributed by atoms with Gasteiger partial charge in [0.1, 0.15) is 0 Å². The van der Waals surface area contributed by atoms with E-state index in [9.17, 15) is 0 Å². The Hall–Kier alpha value is -1.03. The molecule has 0 aliphatic heterocycles. The molecule has 1 aromatic rings. The van der Waals surface area contributed by atoms with Crippen LogP contribution in [0.5, 0.6) is 0 Å². The normalized spacial score (nSPS) is 16.1. The van der Waals surface area contributed by atoms with Gasteiger partial charge in [-0.05, 0) is 62.3 Å². The zero-order valence-electron chi connectivity index (χ0n) is 8.99. The number of nitrogen functional groups attached to an aromatic ring is 1. The van der Waals surface area contributed by atoms with E-state index in [1.807, 2.05) is 24.3 Å². The monoisotopic (exact) mass is 323 g/mol. The second-order valence-corrected chi connectivity index (χ2v) is 5.24. The number of halogens is 1. The summed E-state index contributed by atoms with van der Waals surface area (Å²) >= 11 is 2.39. The van der Waals surface area contributed by atoms with Crippen molar-refractivity contribution in [3.05, 3.63) is 57.2 Å². The molecule has 0 aromatic heterocycles. The van der Waals surface area contributed by atoms with Crippen LogP contribution in [0, 0.1) is 0 Å². The largest absolute Gasteiger partial charge is 0.399 e. The van der Waals surface area contributed by atoms with E-state index in [-0.39, 0.29) is 0 Å². The van der Waals surface area contributed by atoms with Gasteiger partial charge in [0.15, 0.2) is 0 Å². The summed E-state index contributed by atoms with van der Waals surface area (Å²) in [5.74, 6) is 0. The number of benzene rings is 1. The van der Waals surface area contributed by atoms with Crippen LogP contribution in [0.1, 0.15) is 18.4 Å². The Morgan fingerprint density at radius 2 is 1.75 bits per heavy atom. The van der Waals surface area contributed by atoms with Crippen molar-refractivity contribution in [2.24, 2.45) is 0 Å². The van der Waals surface area contributed by atoms with Gasteiger partial charge in [-0.1, -0.05) is 36.4 Å². The molecule has 0 unspecified atom stereocenters. The van der Waals surface area contributed by atoms with Crippen molar-refractivity contribution in [2.45, 2.75) is 12.8 Å². The van der Waals surface area contributed by atoms with Crippen molar-refractivity contribution in [1.82, 2.24) is 0 Å². The molecule has 0 saturated heterocycles. The van der Waals surface area contributed by atoms with Crippen molar-refractivity contribution in [3.63, 3.8) is 0 Å². The number of hydrogen-bond acceptors (Lipinski definition) is 1. The molecule has 0 amide bonds. The summed E-state index contributed by atoms with van der Waals surface area (Å²) in [6.45, 7) is 0. The molecule has 1 aliphatic carbocycles. The van der Waals surface area contributed by atoms with Gasteiger partial charge in [0.05, 0.1) is 0 Å². The zero-order chi connectivity index (χ0) is 11.4. The molecule has 2 rings (SSSR count). The summed E-state index contributed by atoms with van der Waals surface area (Å²) in [5.41, 5.74) is 9.03. The van der Waals surface area contributed by atoms with E-state index >= 15 is 0 Å². The van der Waals surface area contributed by atoms with Crippen LogP contribution in [0.25, 0.3) is 6.08 Å². The third-order valence-corrected chi connectivity index (χ3v) is 3.46. The first-order valence-electron chi connectivity index (χ1n) is 5.33. The van der Waals surface area contributed by atoms with Crippen molar-refractivity contribution in [3.8, 4) is 0 Å². The van der Waals surface area contributed by atoms with Crippen LogP contribution < -0.4 is 5.73 Å². The predicted octanol–water partition coefficient (Wildman–Crippen LogP) is 4.32. The molecule has 0 atom stereocenters. The first-order chi connectivity index (χ1) is 7.74. The minimum Gasteiger partial charge on any atom is -0.399 e. The summed E-state index contributed by atoms with van der Waals surface area (Å²) in [6, 6.07) is 7.93. The highest BCUT2D eigenvalue weighted by Crippen LogP contribution is 2.24. The maximum absolute atomic E-state index is 5.64. The molecule has 1 nitrogen and oxygen atoms in total. The Balaban J connectivity index is 2.07. The standard InChI is InChI=1S/C14H14IN/c15-13-7-3-11(4-8-13)1-2-12-5-9-14(16)10-6-12/h1-3,5-7,9-10H,4,8,16H2/b2-1+. The first-order valence-corrected chi connectivity index (χ1v) is 6.41. The summed E-state index contributed by atoms with van der Waals surface area (Å²) in [6.07, 6.45) is 11.0. The van der Waals surface area contributed by atoms with Crippen LogP contribution >= 0.6 is 22.6 Å². The molecule has 0 bridgehead atoms. The molecule has 2 heteroatoms. The molecule has 0 radical (unpaired) electrons. The Labute approximate surface area is 110 Å². The maximum Gasteiger partial charge on any atom is 0.0314 e. The number of anilines is 1. The van der Waals surface area contributed by atoms with Gasteiger partial charge < -0.3 is 5.73 Å². The molecular weight excluding hydrogens is 309 g/mol. The average Bonchev–Trinajstić information content (AvgIpc) is 2.30. The third-order valence-electron chi connectivity index (χ3n) is 2.56. The van der Waals surface area contributed by atoms with E-state index in [1.54, 1.807) is 0 Å². The molecule has 0 fully saturated rings. The van der Waals surface area contributed by atoms with Crippen molar-refractivity contribution in [2.75, 3.05) is 5.73 Å². The van der Waals surface area contributed by atoms with Crippen LogP contribution in [0.15, 0.2) is 51.6 Å². The Kier molecular flexibility index (Phi) is 3.83. The molecular formula is C14H14IN.